The van der Waals surface area contributed by atoms with Gasteiger partial charge in [0.1, 0.15) is 0 Å². The largest absolute Gasteiger partial charge is 0.481 e. The van der Waals surface area contributed by atoms with Gasteiger partial charge in [-0.2, -0.15) is 0 Å². The summed E-state index contributed by atoms with van der Waals surface area (Å²) in [4.78, 5) is 24.8. The summed E-state index contributed by atoms with van der Waals surface area (Å²) in [7, 11) is 1.58. The van der Waals surface area contributed by atoms with Gasteiger partial charge in [0.2, 0.25) is 0 Å². The van der Waals surface area contributed by atoms with Gasteiger partial charge >= 0.3 is 12.0 Å². The van der Waals surface area contributed by atoms with E-state index in [2.05, 4.69) is 12.2 Å². The van der Waals surface area contributed by atoms with E-state index in [0.29, 0.717) is 18.8 Å². The number of aliphatic hydroxyl groups is 1. The van der Waals surface area contributed by atoms with Crippen LogP contribution < -0.4 is 5.32 Å². The zero-order valence-corrected chi connectivity index (χ0v) is 12.6. The third kappa shape index (κ3) is 4.37. The fourth-order valence-electron chi connectivity index (χ4n) is 2.64. The number of carboxylic acids is 1. The van der Waals surface area contributed by atoms with Gasteiger partial charge < -0.3 is 20.4 Å². The molecule has 0 aromatic carbocycles. The standard InChI is InChI=1S/C14H26N2O4/c1-10-4-6-14(7-5-10,12(18)19)9-15-13(20)16(3)8-11(2)17/h10-11,17H,4-9H2,1-3H3,(H,15,20)(H,18,19). The van der Waals surface area contributed by atoms with E-state index < -0.39 is 17.5 Å². The lowest BCUT2D eigenvalue weighted by Gasteiger charge is -2.36. The summed E-state index contributed by atoms with van der Waals surface area (Å²) >= 11 is 0. The van der Waals surface area contributed by atoms with Crippen molar-refractivity contribution in [2.75, 3.05) is 20.1 Å². The highest BCUT2D eigenvalue weighted by atomic mass is 16.4. The zero-order valence-electron chi connectivity index (χ0n) is 12.6. The molecule has 0 bridgehead atoms. The lowest BCUT2D eigenvalue weighted by Crippen LogP contribution is -2.49. The maximum absolute atomic E-state index is 11.9. The second kappa shape index (κ2) is 6.92. The van der Waals surface area contributed by atoms with Crippen LogP contribution in [-0.4, -0.2) is 53.4 Å². The number of urea groups is 1. The van der Waals surface area contributed by atoms with E-state index in [1.165, 1.54) is 4.90 Å². The van der Waals surface area contributed by atoms with Crippen molar-refractivity contribution in [1.29, 1.82) is 0 Å². The number of carbonyl (C=O) groups excluding carboxylic acids is 1. The molecule has 116 valence electrons. The average Bonchev–Trinajstić information content (AvgIpc) is 2.37. The highest BCUT2D eigenvalue weighted by molar-refractivity contribution is 5.78. The van der Waals surface area contributed by atoms with Crippen LogP contribution in [0.4, 0.5) is 4.79 Å². The maximum Gasteiger partial charge on any atom is 0.317 e. The van der Waals surface area contributed by atoms with Crippen LogP contribution in [0.1, 0.15) is 39.5 Å². The van der Waals surface area contributed by atoms with Crippen molar-refractivity contribution in [2.24, 2.45) is 11.3 Å². The van der Waals surface area contributed by atoms with E-state index in [1.807, 2.05) is 0 Å². The first-order chi connectivity index (χ1) is 9.27. The number of likely N-dealkylation sites (N-methyl/N-ethyl adjacent to an activating group) is 1. The molecule has 1 aliphatic rings. The molecular weight excluding hydrogens is 260 g/mol. The number of carbonyl (C=O) groups is 2. The molecule has 20 heavy (non-hydrogen) atoms. The smallest absolute Gasteiger partial charge is 0.317 e. The van der Waals surface area contributed by atoms with Crippen molar-refractivity contribution in [3.05, 3.63) is 0 Å². The Morgan fingerprint density at radius 1 is 1.40 bits per heavy atom. The van der Waals surface area contributed by atoms with Crippen LogP contribution in [0, 0.1) is 11.3 Å². The quantitative estimate of drug-likeness (QED) is 0.710. The lowest BCUT2D eigenvalue weighted by atomic mass is 9.71. The molecule has 6 heteroatoms. The second-order valence-corrected chi connectivity index (χ2v) is 6.16. The first kappa shape index (κ1) is 16.8. The van der Waals surface area contributed by atoms with Gasteiger partial charge in [-0.1, -0.05) is 6.92 Å². The Bertz CT molecular complexity index is 349. The Morgan fingerprint density at radius 2 is 1.95 bits per heavy atom. The molecule has 0 spiro atoms. The first-order valence-electron chi connectivity index (χ1n) is 7.17. The van der Waals surface area contributed by atoms with Crippen molar-refractivity contribution < 1.29 is 19.8 Å². The minimum absolute atomic E-state index is 0.151. The molecule has 1 aliphatic carbocycles. The number of hydrogen-bond donors (Lipinski definition) is 3. The maximum atomic E-state index is 11.9. The summed E-state index contributed by atoms with van der Waals surface area (Å²) < 4.78 is 0. The molecule has 0 aliphatic heterocycles. The molecule has 1 atom stereocenters. The Morgan fingerprint density at radius 3 is 2.40 bits per heavy atom. The molecule has 0 aromatic rings. The number of aliphatic carboxylic acids is 1. The van der Waals surface area contributed by atoms with E-state index in [1.54, 1.807) is 14.0 Å². The third-order valence-electron chi connectivity index (χ3n) is 4.15. The Balaban J connectivity index is 2.56. The number of nitrogens with zero attached hydrogens (tertiary/aromatic N) is 1. The van der Waals surface area contributed by atoms with Crippen molar-refractivity contribution in [3.8, 4) is 0 Å². The minimum Gasteiger partial charge on any atom is -0.481 e. The summed E-state index contributed by atoms with van der Waals surface area (Å²) in [6.45, 7) is 4.10. The SMILES string of the molecule is CC(O)CN(C)C(=O)NCC1(C(=O)O)CCC(C)CC1. The van der Waals surface area contributed by atoms with E-state index in [0.717, 1.165) is 12.8 Å². The summed E-state index contributed by atoms with van der Waals surface area (Å²) in [5.41, 5.74) is -0.839. The molecule has 0 radical (unpaired) electrons. The van der Waals surface area contributed by atoms with Crippen LogP contribution in [-0.2, 0) is 4.79 Å². The molecule has 1 saturated carbocycles. The molecule has 1 fully saturated rings. The number of rotatable bonds is 5. The van der Waals surface area contributed by atoms with Gasteiger partial charge in [0.25, 0.3) is 0 Å². The van der Waals surface area contributed by atoms with Crippen molar-refractivity contribution in [1.82, 2.24) is 10.2 Å². The molecule has 2 amide bonds. The van der Waals surface area contributed by atoms with Gasteiger partial charge in [-0.25, -0.2) is 4.79 Å². The van der Waals surface area contributed by atoms with E-state index in [4.69, 9.17) is 0 Å². The Labute approximate surface area is 120 Å². The third-order valence-corrected chi connectivity index (χ3v) is 4.15. The average molecular weight is 286 g/mol. The monoisotopic (exact) mass is 286 g/mol. The van der Waals surface area contributed by atoms with Gasteiger partial charge in [-0.3, -0.25) is 4.79 Å². The molecule has 0 aromatic heterocycles. The summed E-state index contributed by atoms with van der Waals surface area (Å²) in [6.07, 6.45) is 2.36. The first-order valence-corrected chi connectivity index (χ1v) is 7.17. The normalized spacial score (nSPS) is 27.7. The fourth-order valence-corrected chi connectivity index (χ4v) is 2.64. The van der Waals surface area contributed by atoms with Crippen LogP contribution in [0.3, 0.4) is 0 Å². The lowest BCUT2D eigenvalue weighted by molar-refractivity contribution is -0.151. The van der Waals surface area contributed by atoms with E-state index in [9.17, 15) is 19.8 Å². The van der Waals surface area contributed by atoms with Gasteiger partial charge in [-0.15, -0.1) is 0 Å². The Kier molecular flexibility index (Phi) is 5.80. The molecule has 1 rings (SSSR count). The van der Waals surface area contributed by atoms with Gasteiger partial charge in [0.05, 0.1) is 11.5 Å². The number of aliphatic hydroxyl groups excluding tert-OH is 1. The van der Waals surface area contributed by atoms with Gasteiger partial charge in [0.15, 0.2) is 0 Å². The van der Waals surface area contributed by atoms with E-state index >= 15 is 0 Å². The van der Waals surface area contributed by atoms with Crippen LogP contribution >= 0.6 is 0 Å². The molecule has 6 nitrogen and oxygen atoms in total. The molecule has 0 saturated heterocycles. The van der Waals surface area contributed by atoms with Crippen LogP contribution in [0.2, 0.25) is 0 Å². The fraction of sp³-hybridized carbons (Fsp3) is 0.857. The predicted molar refractivity (Wildman–Crippen MR) is 75.4 cm³/mol. The Hall–Kier alpha value is -1.30. The van der Waals surface area contributed by atoms with Gasteiger partial charge in [-0.05, 0) is 38.5 Å². The van der Waals surface area contributed by atoms with Crippen molar-refractivity contribution in [2.45, 2.75) is 45.6 Å². The number of amides is 2. The van der Waals surface area contributed by atoms with Crippen molar-refractivity contribution in [3.63, 3.8) is 0 Å². The zero-order chi connectivity index (χ0) is 15.3. The number of carboxylic acid groups (broad SMARTS) is 1. The highest BCUT2D eigenvalue weighted by Gasteiger charge is 2.41. The molecular formula is C14H26N2O4. The highest BCUT2D eigenvalue weighted by Crippen LogP contribution is 2.38. The molecule has 1 unspecified atom stereocenters. The van der Waals surface area contributed by atoms with Crippen LogP contribution in [0.5, 0.6) is 0 Å². The predicted octanol–water partition coefficient (Wildman–Crippen LogP) is 1.29. The summed E-state index contributed by atoms with van der Waals surface area (Å²) in [6, 6.07) is -0.342. The second-order valence-electron chi connectivity index (χ2n) is 6.16. The number of nitrogens with one attached hydrogen (secondary N) is 1. The summed E-state index contributed by atoms with van der Waals surface area (Å²) in [5, 5.41) is 21.4. The van der Waals surface area contributed by atoms with Crippen LogP contribution in [0.25, 0.3) is 0 Å². The minimum atomic E-state index is -0.839. The van der Waals surface area contributed by atoms with Crippen LogP contribution in [0.15, 0.2) is 0 Å². The summed E-state index contributed by atoms with van der Waals surface area (Å²) in [5.74, 6) is -0.279. The van der Waals surface area contributed by atoms with Crippen molar-refractivity contribution >= 4 is 12.0 Å². The topological polar surface area (TPSA) is 89.9 Å². The number of hydrogen-bond acceptors (Lipinski definition) is 3. The molecule has 3 N–H and O–H groups in total. The van der Waals surface area contributed by atoms with E-state index in [-0.39, 0.29) is 19.1 Å². The molecule has 0 heterocycles. The van der Waals surface area contributed by atoms with Gasteiger partial charge in [0, 0.05) is 20.1 Å².